The SMILES string of the molecule is CN=C(NCCc1csc(-c2ccc(C)cc2)n1)NCc1ccccn1.I. The van der Waals surface area contributed by atoms with Gasteiger partial charge >= 0.3 is 0 Å². The molecule has 3 aromatic rings. The summed E-state index contributed by atoms with van der Waals surface area (Å²) in [6.45, 7) is 3.52. The van der Waals surface area contributed by atoms with Crippen molar-refractivity contribution in [1.29, 1.82) is 0 Å². The second-order valence-electron chi connectivity index (χ2n) is 5.93. The maximum atomic E-state index is 4.73. The van der Waals surface area contributed by atoms with Crippen LogP contribution in [0.5, 0.6) is 0 Å². The molecule has 2 heterocycles. The van der Waals surface area contributed by atoms with Crippen molar-refractivity contribution in [2.75, 3.05) is 13.6 Å². The van der Waals surface area contributed by atoms with E-state index in [1.165, 1.54) is 11.1 Å². The highest BCUT2D eigenvalue weighted by Crippen LogP contribution is 2.24. The second kappa shape index (κ2) is 11.0. The van der Waals surface area contributed by atoms with Gasteiger partial charge in [-0.15, -0.1) is 35.3 Å². The van der Waals surface area contributed by atoms with Crippen LogP contribution in [-0.2, 0) is 13.0 Å². The van der Waals surface area contributed by atoms with Crippen LogP contribution in [0.1, 0.15) is 17.0 Å². The van der Waals surface area contributed by atoms with Gasteiger partial charge in [0.25, 0.3) is 0 Å². The number of aromatic nitrogens is 2. The molecule has 2 aromatic heterocycles. The van der Waals surface area contributed by atoms with Crippen LogP contribution in [0, 0.1) is 6.92 Å². The number of guanidine groups is 1. The molecule has 0 unspecified atom stereocenters. The first-order chi connectivity index (χ1) is 12.7. The van der Waals surface area contributed by atoms with Crippen LogP contribution in [0.25, 0.3) is 10.6 Å². The van der Waals surface area contributed by atoms with E-state index < -0.39 is 0 Å². The molecule has 0 saturated heterocycles. The van der Waals surface area contributed by atoms with E-state index in [0.717, 1.165) is 35.3 Å². The molecule has 3 rings (SSSR count). The monoisotopic (exact) mass is 493 g/mol. The van der Waals surface area contributed by atoms with Crippen LogP contribution in [0.3, 0.4) is 0 Å². The number of rotatable bonds is 6. The zero-order valence-corrected chi connectivity index (χ0v) is 18.6. The number of aliphatic imine (C=N–C) groups is 1. The predicted octanol–water partition coefficient (Wildman–Crippen LogP) is 4.04. The molecule has 0 aliphatic rings. The Kier molecular flexibility index (Phi) is 8.66. The van der Waals surface area contributed by atoms with Crippen molar-refractivity contribution in [3.8, 4) is 10.6 Å². The summed E-state index contributed by atoms with van der Waals surface area (Å²) in [4.78, 5) is 13.3. The minimum atomic E-state index is 0. The lowest BCUT2D eigenvalue weighted by molar-refractivity contribution is 0.777. The van der Waals surface area contributed by atoms with Gasteiger partial charge in [-0.3, -0.25) is 9.98 Å². The molecular weight excluding hydrogens is 469 g/mol. The topological polar surface area (TPSA) is 62.2 Å². The fourth-order valence-electron chi connectivity index (χ4n) is 2.46. The van der Waals surface area contributed by atoms with E-state index in [4.69, 9.17) is 4.98 Å². The molecule has 0 atom stereocenters. The van der Waals surface area contributed by atoms with E-state index in [9.17, 15) is 0 Å². The van der Waals surface area contributed by atoms with E-state index in [0.29, 0.717) is 6.54 Å². The molecular formula is C20H24IN5S. The highest BCUT2D eigenvalue weighted by atomic mass is 127. The predicted molar refractivity (Wildman–Crippen MR) is 124 cm³/mol. The van der Waals surface area contributed by atoms with E-state index >= 15 is 0 Å². The highest BCUT2D eigenvalue weighted by Gasteiger charge is 2.05. The fraction of sp³-hybridized carbons (Fsp3) is 0.250. The van der Waals surface area contributed by atoms with Crippen LogP contribution in [0.4, 0.5) is 0 Å². The third kappa shape index (κ3) is 6.59. The molecule has 0 saturated carbocycles. The van der Waals surface area contributed by atoms with Crippen LogP contribution < -0.4 is 10.6 Å². The number of nitrogens with zero attached hydrogens (tertiary/aromatic N) is 3. The first kappa shape index (κ1) is 21.3. The summed E-state index contributed by atoms with van der Waals surface area (Å²) in [5, 5.41) is 9.78. The van der Waals surface area contributed by atoms with Crippen molar-refractivity contribution in [3.63, 3.8) is 0 Å². The number of benzene rings is 1. The van der Waals surface area contributed by atoms with Gasteiger partial charge in [0.05, 0.1) is 17.9 Å². The minimum absolute atomic E-state index is 0. The zero-order valence-electron chi connectivity index (χ0n) is 15.5. The van der Waals surface area contributed by atoms with Crippen molar-refractivity contribution in [3.05, 3.63) is 71.0 Å². The Bertz CT molecular complexity index is 846. The Balaban J connectivity index is 0.00000261. The Labute approximate surface area is 181 Å². The van der Waals surface area contributed by atoms with Crippen LogP contribution >= 0.6 is 35.3 Å². The first-order valence-electron chi connectivity index (χ1n) is 8.60. The Hall–Kier alpha value is -2.00. The Morgan fingerprint density at radius 2 is 1.89 bits per heavy atom. The molecule has 0 fully saturated rings. The van der Waals surface area contributed by atoms with Gasteiger partial charge in [0.2, 0.25) is 0 Å². The highest BCUT2D eigenvalue weighted by molar-refractivity contribution is 14.0. The van der Waals surface area contributed by atoms with Crippen LogP contribution in [0.2, 0.25) is 0 Å². The quantitative estimate of drug-likeness (QED) is 0.309. The molecule has 1 aromatic carbocycles. The standard InChI is InChI=1S/C20H23N5S.HI/c1-15-6-8-16(9-7-15)19-25-18(14-26-19)10-12-23-20(21-2)24-13-17-5-3-4-11-22-17;/h3-9,11,14H,10,12-13H2,1-2H3,(H2,21,23,24);1H. The number of pyridine rings is 1. The Morgan fingerprint density at radius 3 is 2.59 bits per heavy atom. The number of hydrogen-bond donors (Lipinski definition) is 2. The summed E-state index contributed by atoms with van der Waals surface area (Å²) in [7, 11) is 1.77. The smallest absolute Gasteiger partial charge is 0.191 e. The van der Waals surface area contributed by atoms with Crippen molar-refractivity contribution in [2.45, 2.75) is 19.9 Å². The van der Waals surface area contributed by atoms with Crippen molar-refractivity contribution in [2.24, 2.45) is 4.99 Å². The minimum Gasteiger partial charge on any atom is -0.356 e. The van der Waals surface area contributed by atoms with Crippen LogP contribution in [0.15, 0.2) is 59.0 Å². The largest absolute Gasteiger partial charge is 0.356 e. The maximum Gasteiger partial charge on any atom is 0.191 e. The lowest BCUT2D eigenvalue weighted by Crippen LogP contribution is -2.38. The number of hydrogen-bond acceptors (Lipinski definition) is 4. The van der Waals surface area contributed by atoms with Gasteiger partial charge in [0.1, 0.15) is 5.01 Å². The van der Waals surface area contributed by atoms with E-state index in [-0.39, 0.29) is 24.0 Å². The molecule has 5 nitrogen and oxygen atoms in total. The van der Waals surface area contributed by atoms with Gasteiger partial charge in [-0.2, -0.15) is 0 Å². The molecule has 0 radical (unpaired) electrons. The second-order valence-corrected chi connectivity index (χ2v) is 6.79. The summed E-state index contributed by atoms with van der Waals surface area (Å²) >= 11 is 1.69. The average Bonchev–Trinajstić information content (AvgIpc) is 3.15. The molecule has 0 spiro atoms. The molecule has 0 bridgehead atoms. The van der Waals surface area contributed by atoms with Gasteiger partial charge in [-0.25, -0.2) is 4.98 Å². The third-order valence-electron chi connectivity index (χ3n) is 3.91. The van der Waals surface area contributed by atoms with Gasteiger partial charge in [0.15, 0.2) is 5.96 Å². The average molecular weight is 493 g/mol. The van der Waals surface area contributed by atoms with Gasteiger partial charge in [-0.1, -0.05) is 35.9 Å². The zero-order chi connectivity index (χ0) is 18.2. The molecule has 7 heteroatoms. The van der Waals surface area contributed by atoms with Crippen molar-refractivity contribution in [1.82, 2.24) is 20.6 Å². The number of aryl methyl sites for hydroxylation is 1. The van der Waals surface area contributed by atoms with Crippen molar-refractivity contribution < 1.29 is 0 Å². The van der Waals surface area contributed by atoms with E-state index in [2.05, 4.69) is 57.2 Å². The molecule has 142 valence electrons. The number of nitrogens with one attached hydrogen (secondary N) is 2. The first-order valence-corrected chi connectivity index (χ1v) is 9.48. The molecule has 0 aliphatic carbocycles. The summed E-state index contributed by atoms with van der Waals surface area (Å²) in [6, 6.07) is 14.4. The third-order valence-corrected chi connectivity index (χ3v) is 4.85. The summed E-state index contributed by atoms with van der Waals surface area (Å²) in [5.74, 6) is 0.768. The lowest BCUT2D eigenvalue weighted by atomic mass is 10.2. The normalized spacial score (nSPS) is 11.0. The van der Waals surface area contributed by atoms with Gasteiger partial charge < -0.3 is 10.6 Å². The number of halogens is 1. The van der Waals surface area contributed by atoms with Crippen molar-refractivity contribution >= 4 is 41.3 Å². The van der Waals surface area contributed by atoms with E-state index in [1.54, 1.807) is 24.6 Å². The molecule has 0 aliphatic heterocycles. The lowest BCUT2D eigenvalue weighted by Gasteiger charge is -2.10. The molecule has 0 amide bonds. The summed E-state index contributed by atoms with van der Waals surface area (Å²) in [5.41, 5.74) is 4.52. The number of thiazole rings is 1. The molecule has 2 N–H and O–H groups in total. The Morgan fingerprint density at radius 1 is 1.07 bits per heavy atom. The van der Waals surface area contributed by atoms with Crippen LogP contribution in [-0.4, -0.2) is 29.5 Å². The summed E-state index contributed by atoms with van der Waals surface area (Å²) < 4.78 is 0. The maximum absolute atomic E-state index is 4.73. The van der Waals surface area contributed by atoms with Gasteiger partial charge in [0, 0.05) is 37.2 Å². The van der Waals surface area contributed by atoms with E-state index in [1.807, 2.05) is 18.2 Å². The fourth-order valence-corrected chi connectivity index (χ4v) is 3.32. The molecule has 27 heavy (non-hydrogen) atoms. The summed E-state index contributed by atoms with van der Waals surface area (Å²) in [6.07, 6.45) is 2.65. The van der Waals surface area contributed by atoms with Gasteiger partial charge in [-0.05, 0) is 19.1 Å².